The smallest absolute Gasteiger partial charge is 0.410 e. The summed E-state index contributed by atoms with van der Waals surface area (Å²) in [7, 11) is 0. The van der Waals surface area contributed by atoms with Gasteiger partial charge in [-0.3, -0.25) is 0 Å². The highest BCUT2D eigenvalue weighted by atomic mass is 16.6. The molecule has 1 amide bonds. The molecule has 1 unspecified atom stereocenters. The first-order valence-corrected chi connectivity index (χ1v) is 5.53. The summed E-state index contributed by atoms with van der Waals surface area (Å²) >= 11 is 0. The van der Waals surface area contributed by atoms with E-state index < -0.39 is 6.09 Å². The quantitative estimate of drug-likeness (QED) is 0.808. The standard InChI is InChI=1S/C12H16N2O2/c13-8-11(9-6-7-9)14-12(15)16-10-4-2-1-3-5-10/h1-5,9,11H,6-8,13H2,(H,14,15). The summed E-state index contributed by atoms with van der Waals surface area (Å²) in [6.45, 7) is 0.467. The molecule has 3 N–H and O–H groups in total. The topological polar surface area (TPSA) is 64.3 Å². The van der Waals surface area contributed by atoms with Crippen molar-refractivity contribution < 1.29 is 9.53 Å². The maximum Gasteiger partial charge on any atom is 0.412 e. The van der Waals surface area contributed by atoms with Gasteiger partial charge in [0.2, 0.25) is 0 Å². The van der Waals surface area contributed by atoms with Crippen molar-refractivity contribution in [2.45, 2.75) is 18.9 Å². The highest BCUT2D eigenvalue weighted by Crippen LogP contribution is 2.32. The molecule has 1 aliphatic carbocycles. The van der Waals surface area contributed by atoms with Gasteiger partial charge < -0.3 is 15.8 Å². The molecule has 0 aromatic heterocycles. The van der Waals surface area contributed by atoms with Crippen LogP contribution in [0.15, 0.2) is 30.3 Å². The Balaban J connectivity index is 1.83. The van der Waals surface area contributed by atoms with E-state index in [-0.39, 0.29) is 6.04 Å². The van der Waals surface area contributed by atoms with Gasteiger partial charge in [-0.1, -0.05) is 18.2 Å². The summed E-state index contributed by atoms with van der Waals surface area (Å²) in [4.78, 5) is 11.5. The zero-order chi connectivity index (χ0) is 11.4. The van der Waals surface area contributed by atoms with Crippen LogP contribution in [-0.2, 0) is 0 Å². The molecule has 16 heavy (non-hydrogen) atoms. The summed E-state index contributed by atoms with van der Waals surface area (Å²) in [5.41, 5.74) is 5.59. The maximum absolute atomic E-state index is 11.5. The van der Waals surface area contributed by atoms with E-state index in [1.165, 1.54) is 0 Å². The van der Waals surface area contributed by atoms with Crippen LogP contribution >= 0.6 is 0 Å². The molecule has 0 spiro atoms. The Kier molecular flexibility index (Phi) is 3.41. The molecule has 1 aromatic carbocycles. The molecular weight excluding hydrogens is 204 g/mol. The lowest BCUT2D eigenvalue weighted by atomic mass is 10.2. The van der Waals surface area contributed by atoms with E-state index in [2.05, 4.69) is 5.32 Å². The summed E-state index contributed by atoms with van der Waals surface area (Å²) in [5.74, 6) is 1.08. The number of para-hydroxylation sites is 1. The molecule has 86 valence electrons. The minimum atomic E-state index is -0.423. The van der Waals surface area contributed by atoms with E-state index in [0.717, 1.165) is 12.8 Å². The van der Waals surface area contributed by atoms with E-state index >= 15 is 0 Å². The lowest BCUT2D eigenvalue weighted by Crippen LogP contribution is -2.43. The number of hydrogen-bond donors (Lipinski definition) is 2. The average molecular weight is 220 g/mol. The van der Waals surface area contributed by atoms with Gasteiger partial charge in [0.15, 0.2) is 0 Å². The summed E-state index contributed by atoms with van der Waals surface area (Å²) < 4.78 is 5.12. The Morgan fingerprint density at radius 2 is 2.12 bits per heavy atom. The Hall–Kier alpha value is -1.55. The van der Waals surface area contributed by atoms with E-state index in [1.54, 1.807) is 12.1 Å². The first-order chi connectivity index (χ1) is 7.79. The lowest BCUT2D eigenvalue weighted by molar-refractivity contribution is 0.194. The van der Waals surface area contributed by atoms with Gasteiger partial charge >= 0.3 is 6.09 Å². The average Bonchev–Trinajstić information content (AvgIpc) is 3.11. The molecule has 1 fully saturated rings. The minimum Gasteiger partial charge on any atom is -0.410 e. The number of hydrogen-bond acceptors (Lipinski definition) is 3. The van der Waals surface area contributed by atoms with Crippen LogP contribution in [0.25, 0.3) is 0 Å². The number of rotatable bonds is 4. The minimum absolute atomic E-state index is 0.0520. The van der Waals surface area contributed by atoms with Crippen LogP contribution in [0.2, 0.25) is 0 Å². The fourth-order valence-electron chi connectivity index (χ4n) is 1.64. The van der Waals surface area contributed by atoms with Crippen molar-refractivity contribution in [1.29, 1.82) is 0 Å². The highest BCUT2D eigenvalue weighted by Gasteiger charge is 2.31. The maximum atomic E-state index is 11.5. The molecule has 1 saturated carbocycles. The van der Waals surface area contributed by atoms with Gasteiger partial charge in [0.25, 0.3) is 0 Å². The van der Waals surface area contributed by atoms with E-state index in [0.29, 0.717) is 18.2 Å². The molecule has 2 rings (SSSR count). The molecule has 1 atom stereocenters. The van der Waals surface area contributed by atoms with Crippen LogP contribution in [-0.4, -0.2) is 18.7 Å². The fraction of sp³-hybridized carbons (Fsp3) is 0.417. The van der Waals surface area contributed by atoms with E-state index in [9.17, 15) is 4.79 Å². The normalized spacial score (nSPS) is 16.6. The number of nitrogens with one attached hydrogen (secondary N) is 1. The third kappa shape index (κ3) is 2.97. The van der Waals surface area contributed by atoms with Gasteiger partial charge in [-0.15, -0.1) is 0 Å². The molecule has 0 aliphatic heterocycles. The number of benzene rings is 1. The van der Waals surface area contributed by atoms with Crippen LogP contribution in [0.1, 0.15) is 12.8 Å². The largest absolute Gasteiger partial charge is 0.412 e. The second-order valence-corrected chi connectivity index (χ2v) is 4.03. The molecule has 1 aliphatic rings. The molecule has 0 heterocycles. The Morgan fingerprint density at radius 1 is 1.44 bits per heavy atom. The number of carbonyl (C=O) groups is 1. The molecule has 1 aromatic rings. The number of amides is 1. The van der Waals surface area contributed by atoms with Gasteiger partial charge in [0.05, 0.1) is 0 Å². The molecule has 4 heteroatoms. The zero-order valence-electron chi connectivity index (χ0n) is 9.06. The van der Waals surface area contributed by atoms with Crippen molar-refractivity contribution in [1.82, 2.24) is 5.32 Å². The number of ether oxygens (including phenoxy) is 1. The number of nitrogens with two attached hydrogens (primary N) is 1. The summed E-state index contributed by atoms with van der Waals surface area (Å²) in [5, 5.41) is 2.79. The van der Waals surface area contributed by atoms with Gasteiger partial charge in [0, 0.05) is 12.6 Å². The number of carbonyl (C=O) groups excluding carboxylic acids is 1. The Morgan fingerprint density at radius 3 is 2.69 bits per heavy atom. The predicted octanol–water partition coefficient (Wildman–Crippen LogP) is 1.51. The Labute approximate surface area is 94.8 Å². The fourth-order valence-corrected chi connectivity index (χ4v) is 1.64. The van der Waals surface area contributed by atoms with Gasteiger partial charge in [-0.2, -0.15) is 0 Å². The van der Waals surface area contributed by atoms with Crippen LogP contribution in [0, 0.1) is 5.92 Å². The third-order valence-corrected chi connectivity index (χ3v) is 2.70. The SMILES string of the molecule is NCC(NC(=O)Oc1ccccc1)C1CC1. The van der Waals surface area contributed by atoms with Crippen LogP contribution in [0.5, 0.6) is 5.75 Å². The van der Waals surface area contributed by atoms with Crippen molar-refractivity contribution in [2.24, 2.45) is 11.7 Å². The van der Waals surface area contributed by atoms with Gasteiger partial charge in [0.1, 0.15) is 5.75 Å². The van der Waals surface area contributed by atoms with Crippen molar-refractivity contribution in [3.8, 4) is 5.75 Å². The van der Waals surface area contributed by atoms with Gasteiger partial charge in [-0.25, -0.2) is 4.79 Å². The lowest BCUT2D eigenvalue weighted by Gasteiger charge is -2.15. The molecule has 0 radical (unpaired) electrons. The van der Waals surface area contributed by atoms with Crippen molar-refractivity contribution in [2.75, 3.05) is 6.54 Å². The molecule has 0 saturated heterocycles. The van der Waals surface area contributed by atoms with E-state index in [4.69, 9.17) is 10.5 Å². The zero-order valence-corrected chi connectivity index (χ0v) is 9.06. The summed E-state index contributed by atoms with van der Waals surface area (Å²) in [6.07, 6.45) is 1.87. The monoisotopic (exact) mass is 220 g/mol. The second-order valence-electron chi connectivity index (χ2n) is 4.03. The van der Waals surface area contributed by atoms with Crippen LogP contribution in [0.3, 0.4) is 0 Å². The van der Waals surface area contributed by atoms with E-state index in [1.807, 2.05) is 18.2 Å². The predicted molar refractivity (Wildman–Crippen MR) is 61.2 cm³/mol. The van der Waals surface area contributed by atoms with Crippen molar-refractivity contribution in [3.63, 3.8) is 0 Å². The summed E-state index contributed by atoms with van der Waals surface area (Å²) in [6, 6.07) is 9.06. The highest BCUT2D eigenvalue weighted by molar-refractivity contribution is 5.70. The first-order valence-electron chi connectivity index (χ1n) is 5.53. The first kappa shape index (κ1) is 11.0. The second kappa shape index (κ2) is 4.99. The van der Waals surface area contributed by atoms with Crippen molar-refractivity contribution in [3.05, 3.63) is 30.3 Å². The van der Waals surface area contributed by atoms with Gasteiger partial charge in [-0.05, 0) is 30.9 Å². The van der Waals surface area contributed by atoms with Crippen LogP contribution < -0.4 is 15.8 Å². The molecule has 4 nitrogen and oxygen atoms in total. The van der Waals surface area contributed by atoms with Crippen LogP contribution in [0.4, 0.5) is 4.79 Å². The molecular formula is C12H16N2O2. The molecule has 0 bridgehead atoms. The van der Waals surface area contributed by atoms with Crippen molar-refractivity contribution >= 4 is 6.09 Å². The Bertz CT molecular complexity index is 349. The third-order valence-electron chi connectivity index (χ3n) is 2.70.